The molecule has 3 aromatic heterocycles. The van der Waals surface area contributed by atoms with E-state index in [2.05, 4.69) is 56.0 Å². The van der Waals surface area contributed by atoms with Crippen molar-refractivity contribution in [3.05, 3.63) is 64.0 Å². The Kier molecular flexibility index (Phi) is 7.33. The van der Waals surface area contributed by atoms with Gasteiger partial charge in [0.25, 0.3) is 5.56 Å². The number of rotatable bonds is 6. The molecule has 0 unspecified atom stereocenters. The molecule has 6 rings (SSSR count). The molecule has 0 atom stereocenters. The Balaban J connectivity index is 1.06. The summed E-state index contributed by atoms with van der Waals surface area (Å²) in [4.78, 5) is 33.7. The summed E-state index contributed by atoms with van der Waals surface area (Å²) in [5.41, 5.74) is 5.05. The van der Waals surface area contributed by atoms with Crippen LogP contribution in [-0.2, 0) is 18.3 Å². The Hall–Kier alpha value is -3.34. The van der Waals surface area contributed by atoms with Crippen molar-refractivity contribution >= 4 is 11.8 Å². The van der Waals surface area contributed by atoms with Gasteiger partial charge >= 0.3 is 0 Å². The number of aryl methyl sites for hydroxylation is 2. The number of hydrogen-bond acceptors (Lipinski definition) is 9. The maximum Gasteiger partial charge on any atom is 0.253 e. The smallest absolute Gasteiger partial charge is 0.253 e. The van der Waals surface area contributed by atoms with Crippen molar-refractivity contribution < 1.29 is 4.74 Å². The first-order chi connectivity index (χ1) is 19.3. The standard InChI is InChI=1S/C30H40N8O2/c1-21(2)27-25(24-13-22(3)28(39)35(4)17-24)5-6-26(34-27)37-10-8-36(9-11-37)16-23-14-32-29(33-15-23)38-19-30(20-38)18-31-7-12-40-30/h5-6,13-15,17,21,31H,7-12,16,18-20H2,1-4H3. The van der Waals surface area contributed by atoms with Crippen LogP contribution in [0.15, 0.2) is 41.6 Å². The van der Waals surface area contributed by atoms with Crippen molar-refractivity contribution in [2.24, 2.45) is 7.05 Å². The number of anilines is 2. The molecular formula is C30H40N8O2. The van der Waals surface area contributed by atoms with Gasteiger partial charge < -0.3 is 24.4 Å². The third-order valence-electron chi connectivity index (χ3n) is 8.30. The largest absolute Gasteiger partial charge is 0.369 e. The molecule has 3 aromatic rings. The molecule has 1 spiro atoms. The summed E-state index contributed by atoms with van der Waals surface area (Å²) in [6.45, 7) is 15.1. The first-order valence-electron chi connectivity index (χ1n) is 14.4. The second-order valence-corrected chi connectivity index (χ2v) is 11.8. The zero-order valence-electron chi connectivity index (χ0n) is 24.1. The Labute approximate surface area is 236 Å². The molecule has 0 radical (unpaired) electrons. The SMILES string of the molecule is Cc1cc(-c2ccc(N3CCN(Cc4cnc(N5CC6(CNCCO6)C5)nc4)CC3)nc2C(C)C)cn(C)c1=O. The molecule has 0 bridgehead atoms. The van der Waals surface area contributed by atoms with Crippen molar-refractivity contribution in [1.82, 2.24) is 29.7 Å². The summed E-state index contributed by atoms with van der Waals surface area (Å²) >= 11 is 0. The van der Waals surface area contributed by atoms with Crippen molar-refractivity contribution in [1.29, 1.82) is 0 Å². The fourth-order valence-corrected chi connectivity index (χ4v) is 6.04. The normalized spacial score (nSPS) is 19.3. The number of pyridine rings is 2. The number of hydrogen-bond donors (Lipinski definition) is 1. The van der Waals surface area contributed by atoms with Crippen LogP contribution in [0.4, 0.5) is 11.8 Å². The van der Waals surface area contributed by atoms with Crippen molar-refractivity contribution in [2.75, 3.05) is 68.8 Å². The van der Waals surface area contributed by atoms with Crippen LogP contribution < -0.4 is 20.7 Å². The van der Waals surface area contributed by atoms with E-state index < -0.39 is 0 Å². The highest BCUT2D eigenvalue weighted by atomic mass is 16.5. The summed E-state index contributed by atoms with van der Waals surface area (Å²) in [5.74, 6) is 2.08. The minimum Gasteiger partial charge on any atom is -0.369 e. The molecule has 3 aliphatic heterocycles. The number of aromatic nitrogens is 4. The van der Waals surface area contributed by atoms with Crippen LogP contribution in [0.25, 0.3) is 11.1 Å². The van der Waals surface area contributed by atoms with Crippen molar-refractivity contribution in [2.45, 2.75) is 38.8 Å². The van der Waals surface area contributed by atoms with Gasteiger partial charge in [-0.15, -0.1) is 0 Å². The van der Waals surface area contributed by atoms with Gasteiger partial charge in [0, 0.05) is 93.7 Å². The van der Waals surface area contributed by atoms with Gasteiger partial charge in [-0.25, -0.2) is 15.0 Å². The lowest BCUT2D eigenvalue weighted by Gasteiger charge is -2.51. The lowest BCUT2D eigenvalue weighted by Crippen LogP contribution is -2.70. The fraction of sp³-hybridized carbons (Fsp3) is 0.533. The average Bonchev–Trinajstić information content (AvgIpc) is 2.95. The Morgan fingerprint density at radius 1 is 1.07 bits per heavy atom. The Bertz CT molecular complexity index is 1370. The zero-order valence-corrected chi connectivity index (χ0v) is 24.1. The van der Waals surface area contributed by atoms with E-state index in [0.717, 1.165) is 105 Å². The van der Waals surface area contributed by atoms with E-state index in [-0.39, 0.29) is 17.1 Å². The molecule has 3 fully saturated rings. The minimum absolute atomic E-state index is 0.0383. The van der Waals surface area contributed by atoms with Gasteiger partial charge in [0.1, 0.15) is 11.4 Å². The first-order valence-corrected chi connectivity index (χ1v) is 14.4. The lowest BCUT2D eigenvalue weighted by atomic mass is 9.93. The lowest BCUT2D eigenvalue weighted by molar-refractivity contribution is -0.0834. The molecule has 1 N–H and O–H groups in total. The quantitative estimate of drug-likeness (QED) is 0.501. The summed E-state index contributed by atoms with van der Waals surface area (Å²) in [6.07, 6.45) is 5.85. The summed E-state index contributed by atoms with van der Waals surface area (Å²) < 4.78 is 7.65. The number of ether oxygens (including phenoxy) is 1. The fourth-order valence-electron chi connectivity index (χ4n) is 6.04. The van der Waals surface area contributed by atoms with Crippen LogP contribution in [0, 0.1) is 6.92 Å². The highest BCUT2D eigenvalue weighted by Crippen LogP contribution is 2.31. The second-order valence-electron chi connectivity index (χ2n) is 11.8. The van der Waals surface area contributed by atoms with E-state index in [4.69, 9.17) is 9.72 Å². The minimum atomic E-state index is -0.0640. The van der Waals surface area contributed by atoms with Gasteiger partial charge in [-0.3, -0.25) is 9.69 Å². The summed E-state index contributed by atoms with van der Waals surface area (Å²) in [6, 6.07) is 6.26. The van der Waals surface area contributed by atoms with E-state index in [0.29, 0.717) is 0 Å². The Morgan fingerprint density at radius 3 is 2.48 bits per heavy atom. The highest BCUT2D eigenvalue weighted by Gasteiger charge is 2.46. The molecule has 0 amide bonds. The van der Waals surface area contributed by atoms with Crippen LogP contribution in [0.5, 0.6) is 0 Å². The molecule has 10 nitrogen and oxygen atoms in total. The number of nitrogens with one attached hydrogen (secondary N) is 1. The molecule has 0 saturated carbocycles. The van der Waals surface area contributed by atoms with Crippen LogP contribution in [0.2, 0.25) is 0 Å². The molecule has 3 aliphatic rings. The van der Waals surface area contributed by atoms with Crippen LogP contribution in [0.3, 0.4) is 0 Å². The molecule has 40 heavy (non-hydrogen) atoms. The molecule has 6 heterocycles. The van der Waals surface area contributed by atoms with Crippen LogP contribution in [-0.4, -0.2) is 89.0 Å². The molecule has 3 saturated heterocycles. The molecule has 0 aromatic carbocycles. The van der Waals surface area contributed by atoms with E-state index in [1.165, 1.54) is 0 Å². The Morgan fingerprint density at radius 2 is 1.82 bits per heavy atom. The van der Waals surface area contributed by atoms with Gasteiger partial charge in [-0.05, 0) is 31.0 Å². The molecule has 212 valence electrons. The first kappa shape index (κ1) is 26.9. The summed E-state index contributed by atoms with van der Waals surface area (Å²) in [5, 5.41) is 3.42. The number of piperazine rings is 1. The van der Waals surface area contributed by atoms with Crippen LogP contribution in [0.1, 0.15) is 36.6 Å². The third kappa shape index (κ3) is 5.35. The predicted molar refractivity (Wildman–Crippen MR) is 157 cm³/mol. The van der Waals surface area contributed by atoms with Crippen molar-refractivity contribution in [3.8, 4) is 11.1 Å². The molecular weight excluding hydrogens is 504 g/mol. The summed E-state index contributed by atoms with van der Waals surface area (Å²) in [7, 11) is 1.81. The zero-order chi connectivity index (χ0) is 27.9. The molecule has 0 aliphatic carbocycles. The number of morpholine rings is 1. The topological polar surface area (TPSA) is 91.7 Å². The van der Waals surface area contributed by atoms with Gasteiger partial charge in [-0.2, -0.15) is 0 Å². The van der Waals surface area contributed by atoms with Gasteiger partial charge in [0.15, 0.2) is 0 Å². The van der Waals surface area contributed by atoms with E-state index in [1.54, 1.807) is 11.6 Å². The third-order valence-corrected chi connectivity index (χ3v) is 8.30. The average molecular weight is 545 g/mol. The van der Waals surface area contributed by atoms with Crippen molar-refractivity contribution in [3.63, 3.8) is 0 Å². The maximum atomic E-state index is 12.2. The van der Waals surface area contributed by atoms with Gasteiger partial charge in [-0.1, -0.05) is 13.8 Å². The second kappa shape index (κ2) is 10.9. The molecule has 10 heteroatoms. The van der Waals surface area contributed by atoms with Crippen LogP contribution >= 0.6 is 0 Å². The van der Waals surface area contributed by atoms with Gasteiger partial charge in [0.2, 0.25) is 5.95 Å². The predicted octanol–water partition coefficient (Wildman–Crippen LogP) is 2.17. The highest BCUT2D eigenvalue weighted by molar-refractivity contribution is 5.68. The maximum absolute atomic E-state index is 12.2. The monoisotopic (exact) mass is 544 g/mol. The van der Waals surface area contributed by atoms with E-state index in [1.807, 2.05) is 31.6 Å². The van der Waals surface area contributed by atoms with Gasteiger partial charge in [0.05, 0.1) is 25.4 Å². The number of nitrogens with zero attached hydrogens (tertiary/aromatic N) is 7. The van der Waals surface area contributed by atoms with E-state index >= 15 is 0 Å². The van der Waals surface area contributed by atoms with E-state index in [9.17, 15) is 4.79 Å².